The number of halogens is 3. The van der Waals surface area contributed by atoms with Crippen LogP contribution in [0.3, 0.4) is 0 Å². The third-order valence-corrected chi connectivity index (χ3v) is 2.97. The lowest BCUT2D eigenvalue weighted by Crippen LogP contribution is -2.29. The van der Waals surface area contributed by atoms with Crippen LogP contribution in [0.4, 0.5) is 13.2 Å². The van der Waals surface area contributed by atoms with Crippen molar-refractivity contribution in [2.75, 3.05) is 19.7 Å². The lowest BCUT2D eigenvalue weighted by Gasteiger charge is -2.19. The Bertz CT molecular complexity index is 628. The van der Waals surface area contributed by atoms with Gasteiger partial charge in [-0.1, -0.05) is 6.58 Å². The van der Waals surface area contributed by atoms with Crippen LogP contribution in [0.5, 0.6) is 5.75 Å². The van der Waals surface area contributed by atoms with Crippen LogP contribution in [0.15, 0.2) is 35.9 Å². The minimum Gasteiger partial charge on any atom is -0.484 e. The van der Waals surface area contributed by atoms with Crippen molar-refractivity contribution in [1.29, 1.82) is 0 Å². The molecule has 10 heteroatoms. The van der Waals surface area contributed by atoms with E-state index in [-0.39, 0.29) is 11.7 Å². The third kappa shape index (κ3) is 4.59. The van der Waals surface area contributed by atoms with Crippen LogP contribution in [0, 0.1) is 10.1 Å². The van der Waals surface area contributed by atoms with Gasteiger partial charge in [-0.3, -0.25) is 0 Å². The smallest absolute Gasteiger partial charge is 0.422 e. The minimum atomic E-state index is -4.41. The van der Waals surface area contributed by atoms with Crippen LogP contribution in [0.1, 0.15) is 5.56 Å². The fourth-order valence-electron chi connectivity index (χ4n) is 1.97. The van der Waals surface area contributed by atoms with E-state index in [1.54, 1.807) is 0 Å². The second kappa shape index (κ2) is 6.55. The maximum absolute atomic E-state index is 12.1. The molecule has 23 heavy (non-hydrogen) atoms. The summed E-state index contributed by atoms with van der Waals surface area (Å²) >= 11 is 0. The second-order valence-corrected chi connectivity index (χ2v) is 4.61. The summed E-state index contributed by atoms with van der Waals surface area (Å²) in [6.07, 6.45) is -4.41. The molecule has 0 radical (unpaired) electrons. The number of hydrogen-bond donors (Lipinski definition) is 1. The average molecular weight is 330 g/mol. The predicted octanol–water partition coefficient (Wildman–Crippen LogP) is 2.05. The summed E-state index contributed by atoms with van der Waals surface area (Å²) in [5.41, 5.74) is 1.03. The van der Waals surface area contributed by atoms with Crippen LogP contribution in [-0.2, 0) is 0 Å². The van der Waals surface area contributed by atoms with Crippen LogP contribution >= 0.6 is 0 Å². The highest BCUT2D eigenvalue weighted by molar-refractivity contribution is 5.90. The molecule has 1 heterocycles. The van der Waals surface area contributed by atoms with E-state index in [2.05, 4.69) is 21.7 Å². The molecule has 124 valence electrons. The summed E-state index contributed by atoms with van der Waals surface area (Å²) < 4.78 is 40.8. The highest BCUT2D eigenvalue weighted by atomic mass is 19.4. The first-order valence-corrected chi connectivity index (χ1v) is 6.49. The number of hydrogen-bond acceptors (Lipinski definition) is 3. The molecule has 1 aromatic carbocycles. The van der Waals surface area contributed by atoms with Crippen LogP contribution in [0.2, 0.25) is 0 Å². The van der Waals surface area contributed by atoms with Crippen LogP contribution < -0.4 is 10.1 Å². The van der Waals surface area contributed by atoms with Gasteiger partial charge in [0.15, 0.2) is 11.6 Å². The summed E-state index contributed by atoms with van der Waals surface area (Å²) in [5.74, 6) is 0.134. The molecule has 1 fully saturated rings. The van der Waals surface area contributed by atoms with Gasteiger partial charge in [0.05, 0.1) is 0 Å². The maximum atomic E-state index is 12.1. The number of nitrogens with one attached hydrogen (secondary N) is 1. The number of guanidine groups is 1. The van der Waals surface area contributed by atoms with Crippen molar-refractivity contribution < 1.29 is 22.9 Å². The Kier molecular flexibility index (Phi) is 4.72. The van der Waals surface area contributed by atoms with Gasteiger partial charge in [0.1, 0.15) is 10.9 Å². The summed E-state index contributed by atoms with van der Waals surface area (Å²) in [7, 11) is 0. The van der Waals surface area contributed by atoms with E-state index in [9.17, 15) is 23.3 Å². The fraction of sp³-hybridized carbons (Fsp3) is 0.308. The normalized spacial score (nSPS) is 16.3. The zero-order valence-corrected chi connectivity index (χ0v) is 11.8. The molecule has 1 aromatic rings. The van der Waals surface area contributed by atoms with Gasteiger partial charge in [-0.25, -0.2) is 10.1 Å². The zero-order chi connectivity index (χ0) is 17.0. The number of rotatable bonds is 5. The Morgan fingerprint density at radius 3 is 2.65 bits per heavy atom. The van der Waals surface area contributed by atoms with Gasteiger partial charge < -0.3 is 15.0 Å². The van der Waals surface area contributed by atoms with Gasteiger partial charge in [0.25, 0.3) is 5.96 Å². The van der Waals surface area contributed by atoms with Crippen LogP contribution in [-0.4, -0.2) is 41.8 Å². The van der Waals surface area contributed by atoms with Crippen molar-refractivity contribution in [2.24, 2.45) is 5.10 Å². The quantitative estimate of drug-likeness (QED) is 0.660. The number of nitro groups is 1. The molecule has 0 amide bonds. The molecule has 1 aliphatic heterocycles. The zero-order valence-electron chi connectivity index (χ0n) is 11.8. The van der Waals surface area contributed by atoms with Gasteiger partial charge in [-0.05, 0) is 29.8 Å². The molecule has 1 saturated heterocycles. The number of ether oxygens (including phenoxy) is 1. The molecule has 1 N–H and O–H groups in total. The SMILES string of the molecule is C=C(c1ccc(OCC(F)(F)F)cc1)N1CCN/C1=N\[N+](=O)[O-]. The van der Waals surface area contributed by atoms with Gasteiger partial charge in [0.2, 0.25) is 0 Å². The Morgan fingerprint density at radius 1 is 1.43 bits per heavy atom. The van der Waals surface area contributed by atoms with E-state index >= 15 is 0 Å². The maximum Gasteiger partial charge on any atom is 0.422 e. The number of benzene rings is 1. The Morgan fingerprint density at radius 2 is 2.09 bits per heavy atom. The molecule has 0 bridgehead atoms. The van der Waals surface area contributed by atoms with Crippen molar-refractivity contribution in [3.63, 3.8) is 0 Å². The summed E-state index contributed by atoms with van der Waals surface area (Å²) in [4.78, 5) is 12.0. The number of alkyl halides is 3. The first kappa shape index (κ1) is 16.6. The summed E-state index contributed by atoms with van der Waals surface area (Å²) in [6, 6.07) is 5.80. The highest BCUT2D eigenvalue weighted by Crippen LogP contribution is 2.23. The standard InChI is InChI=1S/C13H13F3N4O3/c1-9(19-7-6-17-12(19)18-20(21)22)10-2-4-11(5-3-10)23-8-13(14,15)16/h2-5H,1,6-8H2,(H,17,18). The Labute approximate surface area is 129 Å². The van der Waals surface area contributed by atoms with Crippen molar-refractivity contribution >= 4 is 11.7 Å². The molecule has 7 nitrogen and oxygen atoms in total. The minimum absolute atomic E-state index is 0.0670. The molecular formula is C13H13F3N4O3. The first-order chi connectivity index (χ1) is 10.8. The molecule has 1 aliphatic rings. The lowest BCUT2D eigenvalue weighted by molar-refractivity contribution is -0.485. The van der Waals surface area contributed by atoms with Gasteiger partial charge in [0, 0.05) is 18.8 Å². The average Bonchev–Trinajstić information content (AvgIpc) is 2.91. The van der Waals surface area contributed by atoms with Crippen molar-refractivity contribution in [3.8, 4) is 5.75 Å². The second-order valence-electron chi connectivity index (χ2n) is 4.61. The van der Waals surface area contributed by atoms with Crippen molar-refractivity contribution in [1.82, 2.24) is 10.2 Å². The third-order valence-electron chi connectivity index (χ3n) is 2.97. The van der Waals surface area contributed by atoms with Crippen LogP contribution in [0.25, 0.3) is 5.70 Å². The molecule has 0 spiro atoms. The van der Waals surface area contributed by atoms with Gasteiger partial charge >= 0.3 is 6.18 Å². The molecule has 0 aliphatic carbocycles. The van der Waals surface area contributed by atoms with E-state index in [1.165, 1.54) is 29.2 Å². The van der Waals surface area contributed by atoms with E-state index < -0.39 is 17.8 Å². The van der Waals surface area contributed by atoms with E-state index in [4.69, 9.17) is 0 Å². The van der Waals surface area contributed by atoms with Crippen molar-refractivity contribution in [2.45, 2.75) is 6.18 Å². The molecule has 0 atom stereocenters. The number of hydrazone groups is 1. The topological polar surface area (TPSA) is 80.0 Å². The lowest BCUT2D eigenvalue weighted by atomic mass is 10.1. The van der Waals surface area contributed by atoms with Gasteiger partial charge in [-0.15, -0.1) is 0 Å². The van der Waals surface area contributed by atoms with E-state index in [0.29, 0.717) is 24.4 Å². The molecule has 0 saturated carbocycles. The predicted molar refractivity (Wildman–Crippen MR) is 76.2 cm³/mol. The monoisotopic (exact) mass is 330 g/mol. The fourth-order valence-corrected chi connectivity index (χ4v) is 1.97. The molecule has 0 unspecified atom stereocenters. The summed E-state index contributed by atoms with van der Waals surface area (Å²) in [5, 5.41) is 15.6. The largest absolute Gasteiger partial charge is 0.484 e. The van der Waals surface area contributed by atoms with Crippen molar-refractivity contribution in [3.05, 3.63) is 46.5 Å². The van der Waals surface area contributed by atoms with E-state index in [0.717, 1.165) is 0 Å². The van der Waals surface area contributed by atoms with Gasteiger partial charge in [-0.2, -0.15) is 13.2 Å². The molecule has 2 rings (SSSR count). The highest BCUT2D eigenvalue weighted by Gasteiger charge is 2.28. The first-order valence-electron chi connectivity index (χ1n) is 6.49. The Balaban J connectivity index is 2.07. The van der Waals surface area contributed by atoms with E-state index in [1.807, 2.05) is 0 Å². The Hall–Kier alpha value is -2.78. The number of nitrogens with zero attached hydrogens (tertiary/aromatic N) is 3. The molecule has 0 aromatic heterocycles. The summed E-state index contributed by atoms with van der Waals surface area (Å²) in [6.45, 7) is 3.38. The molecular weight excluding hydrogens is 317 g/mol.